The van der Waals surface area contributed by atoms with Crippen LogP contribution in [0.5, 0.6) is 0 Å². The molecule has 5 heteroatoms. The largest absolute Gasteiger partial charge is 0.347 e. The Bertz CT molecular complexity index is 357. The van der Waals surface area contributed by atoms with Crippen molar-refractivity contribution in [1.82, 2.24) is 15.6 Å². The Balaban J connectivity index is 2.35. The Morgan fingerprint density at radius 3 is 2.72 bits per heavy atom. The van der Waals surface area contributed by atoms with Crippen LogP contribution in [0.25, 0.3) is 0 Å². The minimum absolute atomic E-state index is 0.0483. The fraction of sp³-hybridized carbons (Fsp3) is 0.692. The maximum Gasteiger partial charge on any atom is 0.221 e. The highest BCUT2D eigenvalue weighted by Crippen LogP contribution is 2.18. The van der Waals surface area contributed by atoms with E-state index in [2.05, 4.69) is 43.3 Å². The third-order valence-corrected chi connectivity index (χ3v) is 3.39. The summed E-state index contributed by atoms with van der Waals surface area (Å²) < 4.78 is 0. The van der Waals surface area contributed by atoms with Gasteiger partial charge in [0, 0.05) is 30.1 Å². The molecule has 1 unspecified atom stereocenters. The quantitative estimate of drug-likeness (QED) is 0.834. The average Bonchev–Trinajstić information content (AvgIpc) is 2.77. The lowest BCUT2D eigenvalue weighted by Gasteiger charge is -2.21. The molecule has 0 spiro atoms. The number of rotatable bonds is 6. The summed E-state index contributed by atoms with van der Waals surface area (Å²) in [7, 11) is 0. The predicted molar refractivity (Wildman–Crippen MR) is 75.7 cm³/mol. The van der Waals surface area contributed by atoms with E-state index < -0.39 is 0 Å². The topological polar surface area (TPSA) is 54.0 Å². The highest BCUT2D eigenvalue weighted by atomic mass is 32.1. The van der Waals surface area contributed by atoms with E-state index in [0.717, 1.165) is 11.4 Å². The smallest absolute Gasteiger partial charge is 0.221 e. The molecule has 0 bridgehead atoms. The summed E-state index contributed by atoms with van der Waals surface area (Å²) in [6, 6.07) is 0.0483. The Labute approximate surface area is 113 Å². The number of nitrogens with one attached hydrogen (secondary N) is 2. The highest BCUT2D eigenvalue weighted by molar-refractivity contribution is 7.09. The first-order valence-corrected chi connectivity index (χ1v) is 7.24. The molecule has 1 amide bonds. The van der Waals surface area contributed by atoms with Gasteiger partial charge in [0.05, 0.1) is 6.04 Å². The van der Waals surface area contributed by atoms with Crippen LogP contribution in [0.4, 0.5) is 0 Å². The maximum absolute atomic E-state index is 11.8. The molecule has 0 aliphatic rings. The second kappa shape index (κ2) is 6.85. The fourth-order valence-corrected chi connectivity index (χ4v) is 2.34. The van der Waals surface area contributed by atoms with E-state index in [-0.39, 0.29) is 17.5 Å². The Kier molecular flexibility index (Phi) is 5.75. The molecular weight excluding hydrogens is 246 g/mol. The minimum Gasteiger partial charge on any atom is -0.347 e. The van der Waals surface area contributed by atoms with E-state index in [4.69, 9.17) is 0 Å². The summed E-state index contributed by atoms with van der Waals surface area (Å²) in [6.45, 7) is 9.03. The molecule has 18 heavy (non-hydrogen) atoms. The lowest BCUT2D eigenvalue weighted by molar-refractivity contribution is -0.121. The van der Waals surface area contributed by atoms with Crippen LogP contribution in [-0.4, -0.2) is 23.0 Å². The van der Waals surface area contributed by atoms with Crippen molar-refractivity contribution in [3.8, 4) is 0 Å². The third kappa shape index (κ3) is 5.60. The van der Waals surface area contributed by atoms with E-state index >= 15 is 0 Å². The van der Waals surface area contributed by atoms with E-state index in [0.29, 0.717) is 13.0 Å². The predicted octanol–water partition coefficient (Wildman–Crippen LogP) is 2.49. The maximum atomic E-state index is 11.8. The summed E-state index contributed by atoms with van der Waals surface area (Å²) in [5, 5.41) is 9.25. The van der Waals surface area contributed by atoms with Crippen molar-refractivity contribution in [2.75, 3.05) is 6.54 Å². The number of thiazole rings is 1. The van der Waals surface area contributed by atoms with Gasteiger partial charge in [0.15, 0.2) is 0 Å². The van der Waals surface area contributed by atoms with Crippen molar-refractivity contribution in [1.29, 1.82) is 0 Å². The molecule has 1 heterocycles. The lowest BCUT2D eigenvalue weighted by Crippen LogP contribution is -2.39. The van der Waals surface area contributed by atoms with Crippen LogP contribution in [0.1, 0.15) is 51.6 Å². The van der Waals surface area contributed by atoms with Gasteiger partial charge in [-0.3, -0.25) is 4.79 Å². The van der Waals surface area contributed by atoms with Gasteiger partial charge in [-0.15, -0.1) is 11.3 Å². The molecule has 0 aliphatic carbocycles. The number of aromatic nitrogens is 1. The molecule has 0 saturated heterocycles. The van der Waals surface area contributed by atoms with E-state index in [1.165, 1.54) is 0 Å². The first-order chi connectivity index (χ1) is 8.42. The van der Waals surface area contributed by atoms with Crippen LogP contribution in [0.3, 0.4) is 0 Å². The molecule has 0 saturated carbocycles. The van der Waals surface area contributed by atoms with E-state index in [9.17, 15) is 4.79 Å². The number of nitrogens with zero attached hydrogens (tertiary/aromatic N) is 1. The average molecular weight is 269 g/mol. The highest BCUT2D eigenvalue weighted by Gasteiger charge is 2.15. The lowest BCUT2D eigenvalue weighted by atomic mass is 10.1. The molecule has 1 rings (SSSR count). The Morgan fingerprint density at radius 2 is 2.22 bits per heavy atom. The van der Waals surface area contributed by atoms with Crippen LogP contribution in [0.15, 0.2) is 11.6 Å². The van der Waals surface area contributed by atoms with Gasteiger partial charge in [-0.25, -0.2) is 4.98 Å². The third-order valence-electron chi connectivity index (χ3n) is 2.50. The minimum atomic E-state index is 0.0483. The summed E-state index contributed by atoms with van der Waals surface area (Å²) in [4.78, 5) is 16.1. The zero-order chi connectivity index (χ0) is 13.6. The first-order valence-electron chi connectivity index (χ1n) is 6.36. The van der Waals surface area contributed by atoms with Gasteiger partial charge in [0.1, 0.15) is 5.01 Å². The van der Waals surface area contributed by atoms with Crippen LogP contribution in [-0.2, 0) is 4.79 Å². The molecular formula is C13H23N3OS. The van der Waals surface area contributed by atoms with Gasteiger partial charge in [-0.1, -0.05) is 6.92 Å². The van der Waals surface area contributed by atoms with Gasteiger partial charge in [-0.05, 0) is 27.2 Å². The number of hydrogen-bond donors (Lipinski definition) is 2. The number of amides is 1. The molecule has 102 valence electrons. The first kappa shape index (κ1) is 15.1. The van der Waals surface area contributed by atoms with Crippen LogP contribution < -0.4 is 10.6 Å². The van der Waals surface area contributed by atoms with Gasteiger partial charge in [-0.2, -0.15) is 0 Å². The molecule has 1 aromatic heterocycles. The summed E-state index contributed by atoms with van der Waals surface area (Å²) in [6.07, 6.45) is 3.14. The zero-order valence-electron chi connectivity index (χ0n) is 11.6. The van der Waals surface area contributed by atoms with Crippen molar-refractivity contribution in [2.45, 2.75) is 52.1 Å². The van der Waals surface area contributed by atoms with Crippen molar-refractivity contribution in [2.24, 2.45) is 0 Å². The SMILES string of the molecule is CCC(NC(=O)CCNC(C)(C)C)c1nccs1. The van der Waals surface area contributed by atoms with Gasteiger partial charge >= 0.3 is 0 Å². The van der Waals surface area contributed by atoms with Crippen molar-refractivity contribution >= 4 is 17.2 Å². The fourth-order valence-electron chi connectivity index (χ4n) is 1.56. The summed E-state index contributed by atoms with van der Waals surface area (Å²) in [5.41, 5.74) is 0.0553. The van der Waals surface area contributed by atoms with Crippen molar-refractivity contribution < 1.29 is 4.79 Å². The molecule has 0 aliphatic heterocycles. The standard InChI is InChI=1S/C13H23N3OS/c1-5-10(12-14-8-9-18-12)16-11(17)6-7-15-13(2,3)4/h8-10,15H,5-7H2,1-4H3,(H,16,17). The van der Waals surface area contributed by atoms with Gasteiger partial charge < -0.3 is 10.6 Å². The molecule has 1 aromatic rings. The number of carbonyl (C=O) groups is 1. The molecule has 1 atom stereocenters. The van der Waals surface area contributed by atoms with Crippen LogP contribution >= 0.6 is 11.3 Å². The van der Waals surface area contributed by atoms with E-state index in [1.807, 2.05) is 5.38 Å². The van der Waals surface area contributed by atoms with Gasteiger partial charge in [0.2, 0.25) is 5.91 Å². The summed E-state index contributed by atoms with van der Waals surface area (Å²) in [5.74, 6) is 0.0776. The Morgan fingerprint density at radius 1 is 1.50 bits per heavy atom. The van der Waals surface area contributed by atoms with Crippen molar-refractivity contribution in [3.05, 3.63) is 16.6 Å². The normalized spacial score (nSPS) is 13.3. The number of hydrogen-bond acceptors (Lipinski definition) is 4. The zero-order valence-corrected chi connectivity index (χ0v) is 12.4. The second-order valence-electron chi connectivity index (χ2n) is 5.33. The molecule has 0 fully saturated rings. The van der Waals surface area contributed by atoms with Crippen LogP contribution in [0.2, 0.25) is 0 Å². The molecule has 0 radical (unpaired) electrons. The van der Waals surface area contributed by atoms with Crippen molar-refractivity contribution in [3.63, 3.8) is 0 Å². The van der Waals surface area contributed by atoms with Crippen LogP contribution in [0, 0.1) is 0 Å². The Hall–Kier alpha value is -0.940. The van der Waals surface area contributed by atoms with Gasteiger partial charge in [0.25, 0.3) is 0 Å². The molecule has 0 aromatic carbocycles. The molecule has 4 nitrogen and oxygen atoms in total. The second-order valence-corrected chi connectivity index (χ2v) is 6.25. The van der Waals surface area contributed by atoms with E-state index in [1.54, 1.807) is 17.5 Å². The molecule has 2 N–H and O–H groups in total. The summed E-state index contributed by atoms with van der Waals surface area (Å²) >= 11 is 1.58. The monoisotopic (exact) mass is 269 g/mol. The number of carbonyl (C=O) groups excluding carboxylic acids is 1.